The van der Waals surface area contributed by atoms with Crippen LogP contribution in [0.5, 0.6) is 5.75 Å². The summed E-state index contributed by atoms with van der Waals surface area (Å²) in [5.41, 5.74) is 1.91. The van der Waals surface area contributed by atoms with Gasteiger partial charge in [-0.05, 0) is 6.07 Å². The van der Waals surface area contributed by atoms with Crippen molar-refractivity contribution in [3.8, 4) is 5.75 Å². The normalized spacial score (nSPS) is 23.3. The Bertz CT molecular complexity index is 651. The number of aliphatic hydroxyl groups is 2. The van der Waals surface area contributed by atoms with Crippen LogP contribution in [0.4, 0.5) is 10.5 Å². The Kier molecular flexibility index (Phi) is 5.63. The number of urea groups is 1. The molecule has 2 amide bonds. The lowest BCUT2D eigenvalue weighted by molar-refractivity contribution is -0.384. The first-order valence-electron chi connectivity index (χ1n) is 6.92. The predicted molar refractivity (Wildman–Crippen MR) is 80.4 cm³/mol. The molecule has 3 atom stereocenters. The Labute approximate surface area is 135 Å². The van der Waals surface area contributed by atoms with Crippen molar-refractivity contribution in [2.24, 2.45) is 5.10 Å². The number of rotatable bonds is 5. The van der Waals surface area contributed by atoms with Gasteiger partial charge in [-0.2, -0.15) is 5.10 Å². The van der Waals surface area contributed by atoms with Crippen LogP contribution in [-0.4, -0.2) is 57.5 Å². The van der Waals surface area contributed by atoms with Crippen LogP contribution in [0.3, 0.4) is 0 Å². The molecule has 11 nitrogen and oxygen atoms in total. The number of phenols is 1. The topological polar surface area (TPSA) is 167 Å². The summed E-state index contributed by atoms with van der Waals surface area (Å²) in [6.07, 6.45) is -1.26. The molecule has 0 bridgehead atoms. The Morgan fingerprint density at radius 3 is 2.92 bits per heavy atom. The van der Waals surface area contributed by atoms with E-state index in [4.69, 9.17) is 9.84 Å². The average Bonchev–Trinajstić information content (AvgIpc) is 2.88. The second-order valence-corrected chi connectivity index (χ2v) is 4.99. The van der Waals surface area contributed by atoms with Gasteiger partial charge in [0.2, 0.25) is 0 Å². The zero-order valence-electron chi connectivity index (χ0n) is 12.3. The molecule has 24 heavy (non-hydrogen) atoms. The monoisotopic (exact) mass is 340 g/mol. The van der Waals surface area contributed by atoms with Crippen LogP contribution in [0.1, 0.15) is 12.0 Å². The highest BCUT2D eigenvalue weighted by atomic mass is 16.6. The summed E-state index contributed by atoms with van der Waals surface area (Å²) in [6.45, 7) is -0.370. The molecular weight excluding hydrogens is 324 g/mol. The number of amides is 2. The van der Waals surface area contributed by atoms with Crippen LogP contribution in [0, 0.1) is 10.1 Å². The van der Waals surface area contributed by atoms with E-state index in [1.807, 2.05) is 0 Å². The zero-order chi connectivity index (χ0) is 17.7. The summed E-state index contributed by atoms with van der Waals surface area (Å²) >= 11 is 0. The first-order chi connectivity index (χ1) is 11.4. The van der Waals surface area contributed by atoms with Gasteiger partial charge in [0.1, 0.15) is 18.1 Å². The molecule has 5 N–H and O–H groups in total. The minimum Gasteiger partial charge on any atom is -0.507 e. The number of non-ortho nitro benzene ring substituents is 1. The number of hydrogen-bond acceptors (Lipinski definition) is 8. The minimum absolute atomic E-state index is 0.0531. The summed E-state index contributed by atoms with van der Waals surface area (Å²) in [5, 5.41) is 44.7. The molecule has 1 saturated heterocycles. The molecule has 11 heteroatoms. The van der Waals surface area contributed by atoms with Gasteiger partial charge in [0.05, 0.1) is 23.8 Å². The van der Waals surface area contributed by atoms with Crippen LogP contribution in [0.2, 0.25) is 0 Å². The molecule has 0 aliphatic carbocycles. The van der Waals surface area contributed by atoms with Crippen molar-refractivity contribution in [2.75, 3.05) is 6.61 Å². The summed E-state index contributed by atoms with van der Waals surface area (Å²) in [6, 6.07) is 2.63. The lowest BCUT2D eigenvalue weighted by atomic mass is 10.2. The van der Waals surface area contributed by atoms with Gasteiger partial charge in [-0.1, -0.05) is 0 Å². The van der Waals surface area contributed by atoms with E-state index >= 15 is 0 Å². The molecule has 1 aliphatic rings. The number of benzene rings is 1. The first-order valence-corrected chi connectivity index (χ1v) is 6.92. The summed E-state index contributed by atoms with van der Waals surface area (Å²) in [7, 11) is 0. The smallest absolute Gasteiger partial charge is 0.337 e. The molecule has 1 heterocycles. The van der Waals surface area contributed by atoms with Gasteiger partial charge < -0.3 is 25.4 Å². The maximum Gasteiger partial charge on any atom is 0.337 e. The maximum atomic E-state index is 11.6. The average molecular weight is 340 g/mol. The van der Waals surface area contributed by atoms with E-state index in [2.05, 4.69) is 15.8 Å². The van der Waals surface area contributed by atoms with Crippen molar-refractivity contribution in [1.82, 2.24) is 10.7 Å². The standard InChI is InChI=1S/C13H16N4O7/c18-6-11-10(20)4-12(24-11)15-13(21)16-14-5-7-3-8(17(22)23)1-2-9(7)19/h1-3,5,10-12,18-20H,4,6H2,(H2,15,16,21)/b14-5+/t10-,11+,12+/m0/s1. The van der Waals surface area contributed by atoms with Gasteiger partial charge in [0.15, 0.2) is 0 Å². The van der Waals surface area contributed by atoms with Gasteiger partial charge in [0, 0.05) is 24.1 Å². The minimum atomic E-state index is -0.884. The van der Waals surface area contributed by atoms with Crippen LogP contribution in [0.25, 0.3) is 0 Å². The van der Waals surface area contributed by atoms with Crippen LogP contribution in [-0.2, 0) is 4.74 Å². The maximum absolute atomic E-state index is 11.6. The Morgan fingerprint density at radius 2 is 2.29 bits per heavy atom. The number of nitro groups is 1. The lowest BCUT2D eigenvalue weighted by Gasteiger charge is -2.12. The number of aromatic hydroxyl groups is 1. The number of hydrogen-bond donors (Lipinski definition) is 5. The number of nitrogens with one attached hydrogen (secondary N) is 2. The molecule has 0 spiro atoms. The van der Waals surface area contributed by atoms with E-state index in [-0.39, 0.29) is 30.0 Å². The summed E-state index contributed by atoms with van der Waals surface area (Å²) in [5.74, 6) is -0.236. The molecule has 0 radical (unpaired) electrons. The molecular formula is C13H16N4O7. The van der Waals surface area contributed by atoms with E-state index in [9.17, 15) is 25.1 Å². The summed E-state index contributed by atoms with van der Waals surface area (Å²) < 4.78 is 5.18. The molecule has 1 aromatic carbocycles. The zero-order valence-corrected chi connectivity index (χ0v) is 12.3. The van der Waals surface area contributed by atoms with Gasteiger partial charge in [-0.15, -0.1) is 0 Å². The molecule has 0 saturated carbocycles. The predicted octanol–water partition coefficient (Wildman–Crippen LogP) is -0.598. The van der Waals surface area contributed by atoms with E-state index in [1.54, 1.807) is 0 Å². The van der Waals surface area contributed by atoms with Crippen molar-refractivity contribution in [3.63, 3.8) is 0 Å². The number of carbonyl (C=O) groups excluding carboxylic acids is 1. The van der Waals surface area contributed by atoms with Crippen molar-refractivity contribution < 1.29 is 29.8 Å². The van der Waals surface area contributed by atoms with Crippen molar-refractivity contribution in [3.05, 3.63) is 33.9 Å². The Balaban J connectivity index is 1.89. The number of nitro benzene ring substituents is 1. The fourth-order valence-electron chi connectivity index (χ4n) is 2.08. The lowest BCUT2D eigenvalue weighted by Crippen LogP contribution is -2.40. The van der Waals surface area contributed by atoms with E-state index in [1.165, 1.54) is 0 Å². The number of carbonyl (C=O) groups is 1. The van der Waals surface area contributed by atoms with E-state index < -0.39 is 29.4 Å². The fourth-order valence-corrected chi connectivity index (χ4v) is 2.08. The van der Waals surface area contributed by atoms with Gasteiger partial charge in [-0.25, -0.2) is 10.2 Å². The van der Waals surface area contributed by atoms with Crippen molar-refractivity contribution in [2.45, 2.75) is 24.9 Å². The Morgan fingerprint density at radius 1 is 1.54 bits per heavy atom. The second-order valence-electron chi connectivity index (χ2n) is 4.99. The van der Waals surface area contributed by atoms with E-state index in [0.717, 1.165) is 24.4 Å². The van der Waals surface area contributed by atoms with Gasteiger partial charge in [-0.3, -0.25) is 10.1 Å². The summed E-state index contributed by atoms with van der Waals surface area (Å²) in [4.78, 5) is 21.7. The third-order valence-electron chi connectivity index (χ3n) is 3.29. The van der Waals surface area contributed by atoms with Gasteiger partial charge in [0.25, 0.3) is 5.69 Å². The van der Waals surface area contributed by atoms with Crippen molar-refractivity contribution in [1.29, 1.82) is 0 Å². The molecule has 0 aromatic heterocycles. The van der Waals surface area contributed by atoms with Crippen LogP contribution < -0.4 is 10.7 Å². The Hall–Kier alpha value is -2.76. The number of aliphatic hydroxyl groups excluding tert-OH is 2. The third kappa shape index (κ3) is 4.38. The number of hydrazone groups is 1. The molecule has 2 rings (SSSR count). The second kappa shape index (κ2) is 7.68. The fraction of sp³-hybridized carbons (Fsp3) is 0.385. The third-order valence-corrected chi connectivity index (χ3v) is 3.29. The van der Waals surface area contributed by atoms with Crippen LogP contribution >= 0.6 is 0 Å². The largest absolute Gasteiger partial charge is 0.507 e. The SMILES string of the molecule is O=C(N/N=C/c1cc([N+](=O)[O-])ccc1O)N[C@H]1C[C@H](O)[C@@H](CO)O1. The highest BCUT2D eigenvalue weighted by Crippen LogP contribution is 2.21. The quantitative estimate of drug-likeness (QED) is 0.271. The van der Waals surface area contributed by atoms with Gasteiger partial charge >= 0.3 is 6.03 Å². The molecule has 1 aliphatic heterocycles. The number of nitrogens with zero attached hydrogens (tertiary/aromatic N) is 2. The first kappa shape index (κ1) is 17.6. The van der Waals surface area contributed by atoms with Crippen molar-refractivity contribution >= 4 is 17.9 Å². The molecule has 1 aromatic rings. The molecule has 0 unspecified atom stereocenters. The highest BCUT2D eigenvalue weighted by molar-refractivity contribution is 5.85. The highest BCUT2D eigenvalue weighted by Gasteiger charge is 2.34. The molecule has 1 fully saturated rings. The number of phenolic OH excluding ortho intramolecular Hbond substituents is 1. The van der Waals surface area contributed by atoms with E-state index in [0.29, 0.717) is 0 Å². The molecule has 130 valence electrons. The van der Waals surface area contributed by atoms with Crippen LogP contribution in [0.15, 0.2) is 23.3 Å². The number of ether oxygens (including phenoxy) is 1.